The lowest BCUT2D eigenvalue weighted by atomic mass is 9.97. The number of ether oxygens (including phenoxy) is 3. The number of aryl methyl sites for hydroxylation is 1. The van der Waals surface area contributed by atoms with Gasteiger partial charge in [-0.15, -0.1) is 0 Å². The number of esters is 1. The van der Waals surface area contributed by atoms with Gasteiger partial charge in [0.2, 0.25) is 0 Å². The number of nitrogens with zero attached hydrogens (tertiary/aromatic N) is 4. The predicted octanol–water partition coefficient (Wildman–Crippen LogP) is 5.19. The first-order valence-corrected chi connectivity index (χ1v) is 15.2. The van der Waals surface area contributed by atoms with Gasteiger partial charge in [-0.05, 0) is 68.5 Å². The number of piperidine rings is 1. The number of benzene rings is 2. The van der Waals surface area contributed by atoms with Gasteiger partial charge >= 0.3 is 5.97 Å². The average molecular weight is 593 g/mol. The van der Waals surface area contributed by atoms with Crippen LogP contribution in [0.2, 0.25) is 0 Å². The number of likely N-dealkylation sites (tertiary alicyclic amines) is 1. The van der Waals surface area contributed by atoms with Crippen molar-refractivity contribution in [2.45, 2.75) is 44.0 Å². The van der Waals surface area contributed by atoms with E-state index >= 15 is 0 Å². The molecule has 42 heavy (non-hydrogen) atoms. The number of hydrogen-bond donors (Lipinski definition) is 0. The van der Waals surface area contributed by atoms with Gasteiger partial charge in [0.1, 0.15) is 5.82 Å². The Balaban J connectivity index is 1.32. The first-order chi connectivity index (χ1) is 20.3. The van der Waals surface area contributed by atoms with E-state index in [-0.39, 0.29) is 17.8 Å². The third kappa shape index (κ3) is 8.15. The summed E-state index contributed by atoms with van der Waals surface area (Å²) in [6.07, 6.45) is 2.39. The number of rotatable bonds is 12. The summed E-state index contributed by atoms with van der Waals surface area (Å²) in [5, 5.41) is 0.710. The molecule has 0 bridgehead atoms. The topological polar surface area (TPSA) is 94.1 Å². The highest BCUT2D eigenvalue weighted by atomic mass is 32.2. The molecule has 224 valence electrons. The monoisotopic (exact) mass is 592 g/mol. The number of hydrogen-bond acceptors (Lipinski definition) is 9. The molecule has 1 saturated heterocycles. The number of methoxy groups -OCH3 is 2. The van der Waals surface area contributed by atoms with Crippen molar-refractivity contribution in [3.63, 3.8) is 0 Å². The van der Waals surface area contributed by atoms with E-state index in [2.05, 4.69) is 9.88 Å². The fraction of sp³-hybridized carbons (Fsp3) is 0.438. The second-order valence-corrected chi connectivity index (χ2v) is 11.3. The standard InChI is InChI=1S/C32H40N4O5S/c1-6-41-31(38)26-8-7-16-36(20-26)30(37)25-12-9-24(10-13-25)21-42-32-33-22(2)18-29(34-32)35(3)17-15-23-11-14-27(39-4)28(19-23)40-5/h9-14,18-19,26H,6-8,15-17,20-21H2,1-5H3/t26-/m1/s1. The second kappa shape index (κ2) is 14.9. The number of carbonyl (C=O) groups is 2. The molecule has 2 aromatic carbocycles. The summed E-state index contributed by atoms with van der Waals surface area (Å²) >= 11 is 1.57. The molecule has 0 aliphatic carbocycles. The van der Waals surface area contributed by atoms with E-state index in [1.54, 1.807) is 37.8 Å². The first-order valence-electron chi connectivity index (χ1n) is 14.3. The van der Waals surface area contributed by atoms with E-state index in [9.17, 15) is 9.59 Å². The molecule has 2 heterocycles. The van der Waals surface area contributed by atoms with Crippen molar-refractivity contribution in [1.82, 2.24) is 14.9 Å². The first kappa shape index (κ1) is 31.2. The van der Waals surface area contributed by atoms with Crippen LogP contribution in [0.5, 0.6) is 11.5 Å². The SMILES string of the molecule is CCOC(=O)[C@@H]1CCCN(C(=O)c2ccc(CSc3nc(C)cc(N(C)CCc4ccc(OC)c(OC)c4)n3)cc2)C1. The van der Waals surface area contributed by atoms with Crippen LogP contribution in [0, 0.1) is 12.8 Å². The predicted molar refractivity (Wildman–Crippen MR) is 165 cm³/mol. The molecule has 9 nitrogen and oxygen atoms in total. The summed E-state index contributed by atoms with van der Waals surface area (Å²) in [5.74, 6) is 2.48. The normalized spacial score (nSPS) is 14.8. The molecular weight excluding hydrogens is 552 g/mol. The van der Waals surface area contributed by atoms with Crippen molar-refractivity contribution in [1.29, 1.82) is 0 Å². The maximum atomic E-state index is 13.1. The number of likely N-dealkylation sites (N-methyl/N-ethyl adjacent to an activating group) is 1. The Hall–Kier alpha value is -3.79. The maximum Gasteiger partial charge on any atom is 0.310 e. The molecule has 0 spiro atoms. The summed E-state index contributed by atoms with van der Waals surface area (Å²) < 4.78 is 15.9. The van der Waals surface area contributed by atoms with Crippen molar-refractivity contribution in [2.75, 3.05) is 52.4 Å². The average Bonchev–Trinajstić information content (AvgIpc) is 3.02. The Kier molecular flexibility index (Phi) is 11.1. The zero-order valence-corrected chi connectivity index (χ0v) is 25.9. The van der Waals surface area contributed by atoms with Gasteiger partial charge in [-0.1, -0.05) is 30.0 Å². The fourth-order valence-electron chi connectivity index (χ4n) is 4.92. The van der Waals surface area contributed by atoms with Crippen molar-refractivity contribution in [3.05, 3.63) is 70.9 Å². The van der Waals surface area contributed by atoms with E-state index in [1.807, 2.05) is 62.5 Å². The lowest BCUT2D eigenvalue weighted by Crippen LogP contribution is -2.42. The highest BCUT2D eigenvalue weighted by Crippen LogP contribution is 2.28. The van der Waals surface area contributed by atoms with E-state index in [0.29, 0.717) is 36.2 Å². The molecule has 0 N–H and O–H groups in total. The van der Waals surface area contributed by atoms with Crippen LogP contribution in [-0.2, 0) is 21.7 Å². The van der Waals surface area contributed by atoms with Gasteiger partial charge in [0.15, 0.2) is 16.7 Å². The van der Waals surface area contributed by atoms with Crippen LogP contribution in [0.3, 0.4) is 0 Å². The molecule has 1 aliphatic heterocycles. The third-order valence-corrected chi connectivity index (χ3v) is 8.21. The van der Waals surface area contributed by atoms with E-state index in [1.165, 1.54) is 0 Å². The van der Waals surface area contributed by atoms with E-state index in [0.717, 1.165) is 59.9 Å². The van der Waals surface area contributed by atoms with E-state index in [4.69, 9.17) is 19.2 Å². The highest BCUT2D eigenvalue weighted by Gasteiger charge is 2.29. The minimum absolute atomic E-state index is 0.0500. The van der Waals surface area contributed by atoms with Gasteiger partial charge in [-0.3, -0.25) is 9.59 Å². The molecule has 1 amide bonds. The lowest BCUT2D eigenvalue weighted by Gasteiger charge is -2.31. The molecule has 0 saturated carbocycles. The van der Waals surface area contributed by atoms with Crippen molar-refractivity contribution >= 4 is 29.5 Å². The molecule has 0 unspecified atom stereocenters. The minimum atomic E-state index is -0.248. The molecule has 4 rings (SSSR count). The number of thioether (sulfide) groups is 1. The molecule has 1 fully saturated rings. The third-order valence-electron chi connectivity index (χ3n) is 7.29. The second-order valence-electron chi connectivity index (χ2n) is 10.3. The van der Waals surface area contributed by atoms with Crippen LogP contribution in [-0.4, -0.2) is 74.3 Å². The zero-order chi connectivity index (χ0) is 30.1. The number of anilines is 1. The minimum Gasteiger partial charge on any atom is -0.493 e. The smallest absolute Gasteiger partial charge is 0.310 e. The Morgan fingerprint density at radius 2 is 1.76 bits per heavy atom. The summed E-state index contributed by atoms with van der Waals surface area (Å²) in [7, 11) is 5.31. The van der Waals surface area contributed by atoms with Gasteiger partial charge in [-0.2, -0.15) is 0 Å². The van der Waals surface area contributed by atoms with Gasteiger partial charge in [0, 0.05) is 49.8 Å². The van der Waals surface area contributed by atoms with Gasteiger partial charge in [-0.25, -0.2) is 9.97 Å². The molecule has 0 radical (unpaired) electrons. The van der Waals surface area contributed by atoms with Gasteiger partial charge in [0.25, 0.3) is 5.91 Å². The van der Waals surface area contributed by atoms with Crippen molar-refractivity contribution in [3.8, 4) is 11.5 Å². The summed E-state index contributed by atoms with van der Waals surface area (Å²) in [4.78, 5) is 38.6. The van der Waals surface area contributed by atoms with Crippen LogP contribution in [0.25, 0.3) is 0 Å². The summed E-state index contributed by atoms with van der Waals surface area (Å²) in [5.41, 5.74) is 3.76. The molecular formula is C32H40N4O5S. The molecule has 1 aliphatic rings. The lowest BCUT2D eigenvalue weighted by molar-refractivity contribution is -0.149. The van der Waals surface area contributed by atoms with Crippen LogP contribution < -0.4 is 14.4 Å². The highest BCUT2D eigenvalue weighted by molar-refractivity contribution is 7.98. The number of carbonyl (C=O) groups excluding carboxylic acids is 2. The maximum absolute atomic E-state index is 13.1. The number of aromatic nitrogens is 2. The van der Waals surface area contributed by atoms with E-state index < -0.39 is 0 Å². The van der Waals surface area contributed by atoms with Crippen LogP contribution in [0.4, 0.5) is 5.82 Å². The number of amides is 1. The Bertz CT molecular complexity index is 1370. The quantitative estimate of drug-likeness (QED) is 0.160. The zero-order valence-electron chi connectivity index (χ0n) is 25.1. The van der Waals surface area contributed by atoms with Gasteiger partial charge in [0.05, 0.1) is 26.7 Å². The summed E-state index contributed by atoms with van der Waals surface area (Å²) in [6, 6.07) is 15.6. The fourth-order valence-corrected chi connectivity index (χ4v) is 5.78. The molecule has 3 aromatic rings. The largest absolute Gasteiger partial charge is 0.493 e. The van der Waals surface area contributed by atoms with Crippen LogP contribution in [0.1, 0.15) is 46.9 Å². The van der Waals surface area contributed by atoms with Crippen molar-refractivity contribution < 1.29 is 23.8 Å². The van der Waals surface area contributed by atoms with Gasteiger partial charge < -0.3 is 24.0 Å². The Labute approximate surface area is 252 Å². The van der Waals surface area contributed by atoms with Crippen molar-refractivity contribution in [2.24, 2.45) is 5.92 Å². The molecule has 1 atom stereocenters. The summed E-state index contributed by atoms with van der Waals surface area (Å²) in [6.45, 7) is 5.98. The van der Waals surface area contributed by atoms with Crippen LogP contribution in [0.15, 0.2) is 53.7 Å². The molecule has 10 heteroatoms. The molecule has 1 aromatic heterocycles. The van der Waals surface area contributed by atoms with Crippen LogP contribution >= 0.6 is 11.8 Å². The Morgan fingerprint density at radius 3 is 2.48 bits per heavy atom. The Morgan fingerprint density at radius 1 is 1.02 bits per heavy atom.